The molecule has 12 rings (SSSR count). The van der Waals surface area contributed by atoms with Crippen LogP contribution in [0.2, 0.25) is 0 Å². The molecule has 3 aliphatic rings. The van der Waals surface area contributed by atoms with Crippen molar-refractivity contribution in [3.8, 4) is 40.4 Å². The Morgan fingerprint density at radius 1 is 0.494 bits per heavy atom. The Bertz CT molecular complexity index is 3730. The third kappa shape index (κ3) is 10.3. The Labute approximate surface area is 458 Å². The van der Waals surface area contributed by atoms with E-state index in [0.29, 0.717) is 103 Å². The fraction of sp³-hybridized carbons (Fsp3) is 0.236. The second kappa shape index (κ2) is 20.6. The highest BCUT2D eigenvalue weighted by atomic mass is 79.9. The number of nitrogens with two attached hydrogens (primary N) is 1. The molecule has 3 amide bonds. The molecule has 9 aromatic rings. The molecular weight excluding hydrogens is 1090 g/mol. The summed E-state index contributed by atoms with van der Waals surface area (Å²) in [5.41, 5.74) is 8.94. The highest BCUT2D eigenvalue weighted by Gasteiger charge is 2.45. The van der Waals surface area contributed by atoms with Gasteiger partial charge < -0.3 is 26.4 Å². The van der Waals surface area contributed by atoms with Gasteiger partial charge in [-0.2, -0.15) is 20.3 Å². The number of hydrogen-bond donors (Lipinski definition) is 4. The number of aromatic nitrogens is 12. The van der Waals surface area contributed by atoms with Crippen LogP contribution in [0, 0.1) is 17.5 Å². The minimum absolute atomic E-state index is 0.121. The molecule has 79 heavy (non-hydrogen) atoms. The van der Waals surface area contributed by atoms with Crippen LogP contribution in [0.15, 0.2) is 114 Å². The zero-order chi connectivity index (χ0) is 56.1. The van der Waals surface area contributed by atoms with E-state index in [0.717, 1.165) is 5.56 Å². The van der Waals surface area contributed by atoms with Crippen molar-refractivity contribution < 1.29 is 32.3 Å². The molecule has 0 bridgehead atoms. The molecule has 402 valence electrons. The second-order valence-corrected chi connectivity index (χ2v) is 21.0. The summed E-state index contributed by atoms with van der Waals surface area (Å²) in [5.74, 6) is 1.64. The van der Waals surface area contributed by atoms with Crippen molar-refractivity contribution in [2.24, 2.45) is 0 Å². The van der Waals surface area contributed by atoms with Crippen molar-refractivity contribution in [1.82, 2.24) is 59.2 Å². The Balaban J connectivity index is 0.000000134. The van der Waals surface area contributed by atoms with Gasteiger partial charge in [0.15, 0.2) is 17.5 Å². The molecule has 6 aromatic heterocycles. The van der Waals surface area contributed by atoms with Crippen molar-refractivity contribution in [2.45, 2.75) is 77.4 Å². The predicted molar refractivity (Wildman–Crippen MR) is 290 cm³/mol. The normalized spacial score (nSPS) is 14.9. The minimum atomic E-state index is -0.776. The van der Waals surface area contributed by atoms with Crippen molar-refractivity contribution in [3.05, 3.63) is 165 Å². The summed E-state index contributed by atoms with van der Waals surface area (Å²) in [5, 5.41) is 21.6. The number of methoxy groups -OCH3 is 1. The Hall–Kier alpha value is -9.19. The highest BCUT2D eigenvalue weighted by molar-refractivity contribution is 9.10. The fourth-order valence-electron chi connectivity index (χ4n) is 9.09. The average molecular weight is 1140 g/mol. The van der Waals surface area contributed by atoms with Crippen molar-refractivity contribution in [1.29, 1.82) is 0 Å². The number of carbonyl (C=O) groups excluding carboxylic acids is 3. The maximum absolute atomic E-state index is 13.8. The first-order chi connectivity index (χ1) is 37.6. The van der Waals surface area contributed by atoms with Gasteiger partial charge in [0, 0.05) is 40.8 Å². The fourth-order valence-corrected chi connectivity index (χ4v) is 9.94. The summed E-state index contributed by atoms with van der Waals surface area (Å²) in [4.78, 5) is 62.9. The van der Waals surface area contributed by atoms with Gasteiger partial charge >= 0.3 is 0 Å². The van der Waals surface area contributed by atoms with E-state index in [-0.39, 0.29) is 47.5 Å². The number of benzene rings is 3. The smallest absolute Gasteiger partial charge is 0.235 e. The van der Waals surface area contributed by atoms with Gasteiger partial charge in [0.25, 0.3) is 0 Å². The molecular formula is C55H50BrF3N16O4. The molecule has 5 N–H and O–H groups in total. The number of nitrogen functional groups attached to an aromatic ring is 1. The van der Waals surface area contributed by atoms with Gasteiger partial charge in [-0.05, 0) is 93.9 Å². The summed E-state index contributed by atoms with van der Waals surface area (Å²) in [6.07, 6.45) is 5.19. The van der Waals surface area contributed by atoms with Crippen LogP contribution in [-0.4, -0.2) is 84.1 Å². The van der Waals surface area contributed by atoms with E-state index in [1.165, 1.54) is 25.3 Å². The zero-order valence-corrected chi connectivity index (χ0v) is 45.2. The van der Waals surface area contributed by atoms with Crippen molar-refractivity contribution in [3.63, 3.8) is 0 Å². The molecule has 3 aliphatic heterocycles. The third-order valence-electron chi connectivity index (χ3n) is 13.6. The van der Waals surface area contributed by atoms with E-state index in [1.807, 2.05) is 13.8 Å². The van der Waals surface area contributed by atoms with Crippen molar-refractivity contribution in [2.75, 3.05) is 28.8 Å². The predicted octanol–water partition coefficient (Wildman–Crippen LogP) is 8.62. The van der Waals surface area contributed by atoms with E-state index in [2.05, 4.69) is 77.1 Å². The number of rotatable bonds is 10. The summed E-state index contributed by atoms with van der Waals surface area (Å²) >= 11 is 3.44. The number of hydrogen-bond acceptors (Lipinski definition) is 14. The Morgan fingerprint density at radius 2 is 0.835 bits per heavy atom. The first kappa shape index (κ1) is 53.2. The molecule has 0 saturated carbocycles. The Morgan fingerprint density at radius 3 is 1.24 bits per heavy atom. The van der Waals surface area contributed by atoms with E-state index >= 15 is 0 Å². The molecule has 0 atom stereocenters. The summed E-state index contributed by atoms with van der Waals surface area (Å²) in [6, 6.07) is 24.9. The van der Waals surface area contributed by atoms with Crippen LogP contribution in [0.5, 0.6) is 5.88 Å². The number of nitrogens with one attached hydrogen (secondary N) is 3. The number of amides is 3. The number of carbonyl (C=O) groups is 3. The molecule has 20 nitrogen and oxygen atoms in total. The van der Waals surface area contributed by atoms with Crippen LogP contribution in [0.4, 0.5) is 36.4 Å². The molecule has 9 heterocycles. The standard InChI is InChI=1S/C19H18FN5O2.C18H15BrFN5O.C18H17FN6O/c1-19(2)14-16(23-18(19)26)21-15(22-17(14)27-3)13-8-9-25(24-13)10-11-6-4-5-7-12(11)20;1-18(2)13-14(19)21-15(22-16(13)23-17(18)26)12-7-8-25(24-12)9-10-5-3-4-6-11(10)20;1-18(2)13-14(20)21-15(22-16(13)23-17(18)26)12-7-8-25(24-12)9-10-5-3-4-6-11(10)19/h4-9H,10H2,1-3H3,(H,21,22,23,26);3-8H,9H2,1-2H3,(H,21,22,23,26);3-8H,9H2,1-2H3,(H3,20,21,22,23,26). The van der Waals surface area contributed by atoms with Gasteiger partial charge in [-0.3, -0.25) is 28.4 Å². The van der Waals surface area contributed by atoms with Crippen LogP contribution in [0.3, 0.4) is 0 Å². The zero-order valence-electron chi connectivity index (χ0n) is 43.6. The summed E-state index contributed by atoms with van der Waals surface area (Å²) in [6.45, 7) is 11.7. The van der Waals surface area contributed by atoms with Crippen LogP contribution in [0.1, 0.15) is 74.9 Å². The maximum atomic E-state index is 13.8. The van der Waals surface area contributed by atoms with Crippen molar-refractivity contribution >= 4 is 56.9 Å². The molecule has 0 radical (unpaired) electrons. The largest absolute Gasteiger partial charge is 0.481 e. The molecule has 0 saturated heterocycles. The van der Waals surface area contributed by atoms with E-state index < -0.39 is 16.2 Å². The molecule has 24 heteroatoms. The van der Waals surface area contributed by atoms with E-state index in [1.54, 1.807) is 133 Å². The number of nitrogens with zero attached hydrogens (tertiary/aromatic N) is 12. The lowest BCUT2D eigenvalue weighted by Crippen LogP contribution is -2.27. The summed E-state index contributed by atoms with van der Waals surface area (Å²) in [7, 11) is 1.50. The van der Waals surface area contributed by atoms with Gasteiger partial charge in [-0.1, -0.05) is 54.6 Å². The van der Waals surface area contributed by atoms with Gasteiger partial charge in [0.2, 0.25) is 23.6 Å². The summed E-state index contributed by atoms with van der Waals surface area (Å²) < 4.78 is 52.2. The van der Waals surface area contributed by atoms with E-state index in [9.17, 15) is 27.6 Å². The lowest BCUT2D eigenvalue weighted by molar-refractivity contribution is -0.120. The Kier molecular flexibility index (Phi) is 13.9. The lowest BCUT2D eigenvalue weighted by Gasteiger charge is -2.16. The van der Waals surface area contributed by atoms with Gasteiger partial charge in [-0.15, -0.1) is 0 Å². The van der Waals surface area contributed by atoms with Crippen LogP contribution in [-0.2, 0) is 50.3 Å². The average Bonchev–Trinajstić information content (AvgIpc) is 4.39. The number of halogens is 4. The number of fused-ring (bicyclic) bond motifs is 3. The van der Waals surface area contributed by atoms with Crippen LogP contribution < -0.4 is 26.4 Å². The molecule has 0 fully saturated rings. The first-order valence-corrected chi connectivity index (χ1v) is 25.4. The minimum Gasteiger partial charge on any atom is -0.481 e. The molecule has 3 aromatic carbocycles. The number of ether oxygens (including phenoxy) is 1. The molecule has 0 spiro atoms. The maximum Gasteiger partial charge on any atom is 0.235 e. The molecule has 0 unspecified atom stereocenters. The molecule has 0 aliphatic carbocycles. The lowest BCUT2D eigenvalue weighted by atomic mass is 9.87. The highest BCUT2D eigenvalue weighted by Crippen LogP contribution is 2.44. The van der Waals surface area contributed by atoms with Gasteiger partial charge in [0.05, 0.1) is 54.1 Å². The number of anilines is 4. The van der Waals surface area contributed by atoms with E-state index in [4.69, 9.17) is 10.5 Å². The SMILES string of the molecule is CC1(C)C(=O)Nc2nc(-c3ccn(Cc4ccccc4F)n3)nc(Br)c21.CC1(C)C(=O)Nc2nc(-c3ccn(Cc4ccccc4F)n3)nc(N)c21.COc1nc(-c2ccn(Cc3ccccc3F)n2)nc2c1C(C)(C)C(=O)N2. The van der Waals surface area contributed by atoms with Crippen LogP contribution in [0.25, 0.3) is 34.6 Å². The van der Waals surface area contributed by atoms with Crippen LogP contribution >= 0.6 is 15.9 Å². The third-order valence-corrected chi connectivity index (χ3v) is 14.2. The monoisotopic (exact) mass is 1130 g/mol. The van der Waals surface area contributed by atoms with Gasteiger partial charge in [0.1, 0.15) is 62.4 Å². The first-order valence-electron chi connectivity index (χ1n) is 24.6. The quantitative estimate of drug-likeness (QED) is 0.0936. The second-order valence-electron chi connectivity index (χ2n) is 20.2. The van der Waals surface area contributed by atoms with Gasteiger partial charge in [-0.25, -0.2) is 38.1 Å². The topological polar surface area (TPSA) is 253 Å².